The zero-order valence-corrected chi connectivity index (χ0v) is 27.5. The number of nitrogens with two attached hydrogens (primary N) is 1. The van der Waals surface area contributed by atoms with Crippen LogP contribution in [0, 0.1) is 18.7 Å². The molecule has 0 bridgehead atoms. The van der Waals surface area contributed by atoms with Gasteiger partial charge in [0.2, 0.25) is 11.8 Å². The van der Waals surface area contributed by atoms with E-state index in [0.717, 1.165) is 12.8 Å². The van der Waals surface area contributed by atoms with Crippen LogP contribution < -0.4 is 15.8 Å². The van der Waals surface area contributed by atoms with E-state index in [-0.39, 0.29) is 37.4 Å². The van der Waals surface area contributed by atoms with Gasteiger partial charge in [-0.15, -0.1) is 0 Å². The van der Waals surface area contributed by atoms with Crippen LogP contribution in [0.5, 0.6) is 0 Å². The fourth-order valence-corrected chi connectivity index (χ4v) is 8.20. The number of halogens is 1. The van der Waals surface area contributed by atoms with Crippen molar-refractivity contribution in [3.8, 4) is 0 Å². The van der Waals surface area contributed by atoms with Gasteiger partial charge in [-0.2, -0.15) is 0 Å². The number of benzene rings is 2. The van der Waals surface area contributed by atoms with Gasteiger partial charge in [0.15, 0.2) is 0 Å². The topological polar surface area (TPSA) is 168 Å². The number of hydrogen-bond acceptors (Lipinski definition) is 8. The lowest BCUT2D eigenvalue weighted by Gasteiger charge is -2.28. The fourth-order valence-electron chi connectivity index (χ4n) is 6.91. The lowest BCUT2D eigenvalue weighted by molar-refractivity contribution is -0.140. The number of rotatable bonds is 4. The van der Waals surface area contributed by atoms with Crippen LogP contribution in [0.3, 0.4) is 0 Å². The molecule has 1 saturated carbocycles. The molecule has 48 heavy (non-hydrogen) atoms. The van der Waals surface area contributed by atoms with Crippen LogP contribution in [0.1, 0.15) is 61.6 Å². The molecule has 5 atom stereocenters. The van der Waals surface area contributed by atoms with Crippen molar-refractivity contribution in [2.75, 3.05) is 6.54 Å². The Morgan fingerprint density at radius 2 is 1.88 bits per heavy atom. The molecule has 4 N–H and O–H groups in total. The maximum atomic E-state index is 14.3. The zero-order valence-electron chi connectivity index (χ0n) is 26.7. The van der Waals surface area contributed by atoms with E-state index in [2.05, 4.69) is 10.0 Å². The summed E-state index contributed by atoms with van der Waals surface area (Å²) in [6.45, 7) is 1.71. The van der Waals surface area contributed by atoms with Crippen molar-refractivity contribution < 1.29 is 36.7 Å². The molecule has 2 aromatic rings. The zero-order chi connectivity index (χ0) is 34.2. The van der Waals surface area contributed by atoms with Crippen molar-refractivity contribution in [1.82, 2.24) is 19.8 Å². The Morgan fingerprint density at radius 3 is 2.65 bits per heavy atom. The molecule has 4 amide bonds. The van der Waals surface area contributed by atoms with Gasteiger partial charge < -0.3 is 20.7 Å². The number of hydrogen-bond donors (Lipinski definition) is 3. The van der Waals surface area contributed by atoms with Crippen LogP contribution >= 0.6 is 0 Å². The summed E-state index contributed by atoms with van der Waals surface area (Å²) in [4.78, 5) is 57.1. The molecule has 1 unspecified atom stereocenters. The van der Waals surface area contributed by atoms with Crippen molar-refractivity contribution in [1.29, 1.82) is 0 Å². The highest BCUT2D eigenvalue weighted by molar-refractivity contribution is 7.90. The Bertz CT molecular complexity index is 1770. The SMILES string of the molecule is Cc1ccccc1S(=O)(=O)NC(=O)[C@@]12C[C@H]1C=CCCCCCC(N)C(=O)N1C[C@H](OC(=O)N3Cc4cccc(F)c4C3)C[C@H]1C(=O)N2. The van der Waals surface area contributed by atoms with Crippen molar-refractivity contribution in [2.24, 2.45) is 11.7 Å². The largest absolute Gasteiger partial charge is 0.444 e. The summed E-state index contributed by atoms with van der Waals surface area (Å²) in [5, 5.41) is 2.79. The first-order valence-electron chi connectivity index (χ1n) is 16.3. The van der Waals surface area contributed by atoms with E-state index in [1.807, 2.05) is 12.2 Å². The number of aryl methyl sites for hydroxylation is 1. The van der Waals surface area contributed by atoms with Gasteiger partial charge >= 0.3 is 6.09 Å². The third-order valence-corrected chi connectivity index (χ3v) is 11.2. The fraction of sp³-hybridized carbons (Fsp3) is 0.471. The molecular weight excluding hydrogens is 641 g/mol. The van der Waals surface area contributed by atoms with Crippen LogP contribution in [0.25, 0.3) is 0 Å². The Morgan fingerprint density at radius 1 is 1.08 bits per heavy atom. The number of fused-ring (bicyclic) bond motifs is 3. The standard InChI is InChI=1S/C34H40FN5O7S/c1-21-10-7-8-15-29(21)48(45,46)38-32(43)34-17-23(34)12-5-3-2-4-6-14-27(36)31(42)40-19-24(16-28(40)30(41)37-34)47-33(44)39-18-22-11-9-13-26(35)25(22)20-39/h5,7-13,15,23-24,27-28H,2-4,6,14,16-20,36H2,1H3,(H,37,41)(H,38,43)/t23-,24-,27?,28+,34-/m1/s1. The highest BCUT2D eigenvalue weighted by Gasteiger charge is 2.61. The van der Waals surface area contributed by atoms with Crippen LogP contribution in [0.4, 0.5) is 9.18 Å². The average Bonchev–Trinajstić information content (AvgIpc) is 3.34. The molecule has 1 saturated heterocycles. The summed E-state index contributed by atoms with van der Waals surface area (Å²) in [5.41, 5.74) is 6.27. The Hall–Kier alpha value is -4.30. The van der Waals surface area contributed by atoms with Gasteiger partial charge in [0.05, 0.1) is 24.0 Å². The second-order valence-electron chi connectivity index (χ2n) is 13.1. The van der Waals surface area contributed by atoms with Crippen molar-refractivity contribution in [2.45, 2.75) is 93.6 Å². The molecule has 14 heteroatoms. The molecule has 0 aromatic heterocycles. The molecule has 12 nitrogen and oxygen atoms in total. The van der Waals surface area contributed by atoms with E-state index in [9.17, 15) is 32.0 Å². The maximum absolute atomic E-state index is 14.3. The average molecular weight is 682 g/mol. The first kappa shape index (κ1) is 33.6. The van der Waals surface area contributed by atoms with Crippen LogP contribution in [0.2, 0.25) is 0 Å². The van der Waals surface area contributed by atoms with E-state index in [0.29, 0.717) is 36.0 Å². The van der Waals surface area contributed by atoms with Crippen molar-refractivity contribution >= 4 is 33.8 Å². The van der Waals surface area contributed by atoms with Crippen LogP contribution in [-0.4, -0.2) is 72.3 Å². The molecule has 0 radical (unpaired) electrons. The summed E-state index contributed by atoms with van der Waals surface area (Å²) in [6.07, 6.45) is 5.71. The minimum Gasteiger partial charge on any atom is -0.444 e. The predicted octanol–water partition coefficient (Wildman–Crippen LogP) is 2.78. The molecule has 3 heterocycles. The van der Waals surface area contributed by atoms with Gasteiger partial charge in [-0.25, -0.2) is 22.3 Å². The summed E-state index contributed by atoms with van der Waals surface area (Å²) >= 11 is 0. The minimum atomic E-state index is -4.26. The van der Waals surface area contributed by atoms with Crippen molar-refractivity contribution in [3.63, 3.8) is 0 Å². The third-order valence-electron chi connectivity index (χ3n) is 9.75. The highest BCUT2D eigenvalue weighted by atomic mass is 32.2. The molecule has 4 aliphatic rings. The molecule has 0 spiro atoms. The second-order valence-corrected chi connectivity index (χ2v) is 14.8. The molecule has 2 fully saturated rings. The van der Waals surface area contributed by atoms with Crippen molar-refractivity contribution in [3.05, 3.63) is 77.1 Å². The van der Waals surface area contributed by atoms with Gasteiger partial charge in [0.1, 0.15) is 23.5 Å². The molecule has 3 aliphatic heterocycles. The number of nitrogens with zero attached hydrogens (tertiary/aromatic N) is 2. The van der Waals surface area contributed by atoms with Gasteiger partial charge in [-0.3, -0.25) is 19.3 Å². The number of carbonyl (C=O) groups excluding carboxylic acids is 4. The first-order chi connectivity index (χ1) is 22.9. The first-order valence-corrected chi connectivity index (χ1v) is 17.8. The van der Waals surface area contributed by atoms with E-state index in [4.69, 9.17) is 10.5 Å². The summed E-state index contributed by atoms with van der Waals surface area (Å²) in [7, 11) is -4.26. The Balaban J connectivity index is 1.22. The Labute approximate surface area is 278 Å². The molecule has 6 rings (SSSR count). The number of sulfonamides is 1. The second kappa shape index (κ2) is 13.3. The number of nitrogens with one attached hydrogen (secondary N) is 2. The van der Waals surface area contributed by atoms with Crippen LogP contribution in [-0.2, 0) is 42.2 Å². The maximum Gasteiger partial charge on any atom is 0.410 e. The van der Waals surface area contributed by atoms with E-state index in [1.165, 1.54) is 21.9 Å². The quantitative estimate of drug-likeness (QED) is 0.414. The normalized spacial score (nSPS) is 27.6. The third kappa shape index (κ3) is 6.68. The number of ether oxygens (including phenoxy) is 1. The van der Waals surface area contributed by atoms with Gasteiger partial charge in [0, 0.05) is 24.4 Å². The molecule has 1 aliphatic carbocycles. The molecule has 2 aromatic carbocycles. The summed E-state index contributed by atoms with van der Waals surface area (Å²) < 4.78 is 48.7. The number of carbonyl (C=O) groups is 4. The predicted molar refractivity (Wildman–Crippen MR) is 172 cm³/mol. The number of allylic oxidation sites excluding steroid dienone is 1. The van der Waals surface area contributed by atoms with E-state index >= 15 is 0 Å². The lowest BCUT2D eigenvalue weighted by Crippen LogP contribution is -2.57. The highest BCUT2D eigenvalue weighted by Crippen LogP contribution is 2.46. The number of amides is 4. The minimum absolute atomic E-state index is 0.0307. The lowest BCUT2D eigenvalue weighted by atomic mass is 10.1. The van der Waals surface area contributed by atoms with E-state index < -0.39 is 69.3 Å². The van der Waals surface area contributed by atoms with Gasteiger partial charge in [-0.1, -0.05) is 55.3 Å². The molecular formula is C34H40FN5O7S. The van der Waals surface area contributed by atoms with Crippen LogP contribution in [0.15, 0.2) is 59.5 Å². The van der Waals surface area contributed by atoms with Gasteiger partial charge in [0.25, 0.3) is 15.9 Å². The molecule has 256 valence electrons. The van der Waals surface area contributed by atoms with E-state index in [1.54, 1.807) is 37.3 Å². The summed E-state index contributed by atoms with van der Waals surface area (Å²) in [5.74, 6) is -2.93. The smallest absolute Gasteiger partial charge is 0.410 e. The monoisotopic (exact) mass is 681 g/mol. The summed E-state index contributed by atoms with van der Waals surface area (Å²) in [6, 6.07) is 8.86. The van der Waals surface area contributed by atoms with Gasteiger partial charge in [-0.05, 0) is 55.9 Å². The Kier molecular flexibility index (Phi) is 9.31.